The van der Waals surface area contributed by atoms with Gasteiger partial charge in [0.05, 0.1) is 27.1 Å². The fraction of sp³-hybridized carbons (Fsp3) is 0. The van der Waals surface area contributed by atoms with E-state index in [9.17, 15) is 0 Å². The number of rotatable bonds is 2. The molecule has 0 saturated carbocycles. The van der Waals surface area contributed by atoms with E-state index in [2.05, 4.69) is 131 Å². The first kappa shape index (κ1) is 26.2. The number of anilines is 3. The minimum absolute atomic E-state index is 0.0335. The van der Waals surface area contributed by atoms with Crippen molar-refractivity contribution in [2.45, 2.75) is 9.79 Å². The molecule has 0 unspecified atom stereocenters. The van der Waals surface area contributed by atoms with E-state index in [1.807, 2.05) is 24.3 Å². The summed E-state index contributed by atoms with van der Waals surface area (Å²) in [6.45, 7) is 0.0335. The molecule has 0 fully saturated rings. The Kier molecular flexibility index (Phi) is 5.34. The molecule has 6 aromatic carbocycles. The van der Waals surface area contributed by atoms with E-state index in [1.54, 1.807) is 11.8 Å². The fourth-order valence-corrected chi connectivity index (χ4v) is 8.70. The number of aromatic nitrogens is 2. The molecule has 3 aliphatic rings. The van der Waals surface area contributed by atoms with Crippen LogP contribution in [0, 0.1) is 0 Å². The van der Waals surface area contributed by atoms with Crippen LogP contribution in [0.15, 0.2) is 155 Å². The largest absolute Gasteiger partial charge is 0.458 e. The van der Waals surface area contributed by atoms with Gasteiger partial charge in [0.15, 0.2) is 5.82 Å². The number of nitrogens with zero attached hydrogens (tertiary/aromatic N) is 3. The first-order valence-electron chi connectivity index (χ1n) is 16.1. The zero-order valence-electron chi connectivity index (χ0n) is 25.5. The van der Waals surface area contributed by atoms with Crippen LogP contribution in [0.4, 0.5) is 17.2 Å². The number of para-hydroxylation sites is 4. The van der Waals surface area contributed by atoms with Crippen molar-refractivity contribution < 1.29 is 9.47 Å². The van der Waals surface area contributed by atoms with Crippen molar-refractivity contribution in [3.8, 4) is 28.7 Å². The molecule has 0 bridgehead atoms. The van der Waals surface area contributed by atoms with E-state index in [0.29, 0.717) is 0 Å². The monoisotopic (exact) mass is 633 g/mol. The van der Waals surface area contributed by atoms with Crippen LogP contribution in [0.25, 0.3) is 27.6 Å². The lowest BCUT2D eigenvalue weighted by atomic mass is 9.35. The molecule has 11 rings (SSSR count). The number of benzene rings is 6. The van der Waals surface area contributed by atoms with Gasteiger partial charge in [-0.15, -0.1) is 0 Å². The highest BCUT2D eigenvalue weighted by Gasteiger charge is 2.40. The van der Waals surface area contributed by atoms with Crippen molar-refractivity contribution >= 4 is 74.0 Å². The Morgan fingerprint density at radius 1 is 0.542 bits per heavy atom. The Hall–Kier alpha value is -5.92. The summed E-state index contributed by atoms with van der Waals surface area (Å²) in [4.78, 5) is 10.1. The van der Waals surface area contributed by atoms with Crippen molar-refractivity contribution in [3.05, 3.63) is 146 Å². The Labute approximate surface area is 281 Å². The molecule has 0 aliphatic carbocycles. The highest BCUT2D eigenvalue weighted by molar-refractivity contribution is 7.99. The molecule has 0 atom stereocenters. The first-order chi connectivity index (χ1) is 23.8. The third kappa shape index (κ3) is 3.62. The molecular formula is C41H24BN3O2S. The van der Waals surface area contributed by atoms with Crippen LogP contribution in [-0.4, -0.2) is 16.3 Å². The summed E-state index contributed by atoms with van der Waals surface area (Å²) in [6, 6.07) is 51.0. The zero-order valence-corrected chi connectivity index (χ0v) is 26.3. The Morgan fingerprint density at radius 2 is 1.27 bits per heavy atom. The predicted octanol–water partition coefficient (Wildman–Crippen LogP) is 8.84. The van der Waals surface area contributed by atoms with Gasteiger partial charge in [0, 0.05) is 33.2 Å². The van der Waals surface area contributed by atoms with Gasteiger partial charge in [-0.3, -0.25) is 4.90 Å². The molecule has 7 heteroatoms. The average molecular weight is 634 g/mol. The van der Waals surface area contributed by atoms with Crippen LogP contribution in [0.2, 0.25) is 0 Å². The van der Waals surface area contributed by atoms with Gasteiger partial charge in [0.25, 0.3) is 6.71 Å². The summed E-state index contributed by atoms with van der Waals surface area (Å²) < 4.78 is 15.3. The van der Waals surface area contributed by atoms with Gasteiger partial charge in [-0.25, -0.2) is 4.98 Å². The molecular weight excluding hydrogens is 609 g/mol. The second-order valence-electron chi connectivity index (χ2n) is 12.3. The predicted molar refractivity (Wildman–Crippen MR) is 195 cm³/mol. The molecule has 48 heavy (non-hydrogen) atoms. The molecule has 0 radical (unpaired) electrons. The second-order valence-corrected chi connectivity index (χ2v) is 13.4. The molecule has 0 spiro atoms. The molecule has 0 amide bonds. The van der Waals surface area contributed by atoms with Gasteiger partial charge < -0.3 is 14.0 Å². The number of hydrogen-bond acceptors (Lipinski definition) is 5. The molecule has 0 saturated heterocycles. The second kappa shape index (κ2) is 9.80. The first-order valence-corrected chi connectivity index (χ1v) is 16.9. The maximum absolute atomic E-state index is 6.68. The SMILES string of the molecule is c1ccc(N2c3ccccc3Sc3cc4c(nc32)c2ccccc2n4-c2ccc3c(c2)Oc2cccc4c2B3c2ccccc2O4)cc1. The van der Waals surface area contributed by atoms with Crippen molar-refractivity contribution in [2.75, 3.05) is 4.90 Å². The lowest BCUT2D eigenvalue weighted by molar-refractivity contribution is 0.464. The Morgan fingerprint density at radius 3 is 2.19 bits per heavy atom. The number of hydrogen-bond donors (Lipinski definition) is 0. The lowest BCUT2D eigenvalue weighted by Gasteiger charge is -2.33. The smallest absolute Gasteiger partial charge is 0.260 e. The fourth-order valence-electron chi connectivity index (χ4n) is 7.66. The maximum Gasteiger partial charge on any atom is 0.260 e. The summed E-state index contributed by atoms with van der Waals surface area (Å²) >= 11 is 1.78. The van der Waals surface area contributed by atoms with Gasteiger partial charge in [-0.05, 0) is 71.6 Å². The highest BCUT2D eigenvalue weighted by Crippen LogP contribution is 2.52. The van der Waals surface area contributed by atoms with Crippen LogP contribution in [0.5, 0.6) is 23.0 Å². The molecule has 2 aromatic heterocycles. The minimum Gasteiger partial charge on any atom is -0.458 e. The van der Waals surface area contributed by atoms with Crippen molar-refractivity contribution in [1.82, 2.24) is 9.55 Å². The van der Waals surface area contributed by atoms with Crippen LogP contribution in [-0.2, 0) is 0 Å². The van der Waals surface area contributed by atoms with Crippen LogP contribution >= 0.6 is 11.8 Å². The van der Waals surface area contributed by atoms with Crippen LogP contribution < -0.4 is 30.8 Å². The molecule has 8 aromatic rings. The van der Waals surface area contributed by atoms with E-state index in [0.717, 1.165) is 89.1 Å². The van der Waals surface area contributed by atoms with E-state index in [1.165, 1.54) is 4.90 Å². The van der Waals surface area contributed by atoms with E-state index < -0.39 is 0 Å². The van der Waals surface area contributed by atoms with E-state index in [-0.39, 0.29) is 6.71 Å². The van der Waals surface area contributed by atoms with Gasteiger partial charge in [0.1, 0.15) is 23.0 Å². The normalized spacial score (nSPS) is 13.6. The summed E-state index contributed by atoms with van der Waals surface area (Å²) in [5.41, 5.74) is 9.77. The van der Waals surface area contributed by atoms with Crippen molar-refractivity contribution in [2.24, 2.45) is 0 Å². The molecule has 5 nitrogen and oxygen atoms in total. The quantitative estimate of drug-likeness (QED) is 0.178. The Bertz CT molecular complexity index is 2640. The standard InChI is InChI=1S/C41H24BN3O2S/c1-2-11-25(12-3-1)45-31-16-7-9-20-37(31)48-38-24-32-40(43-41(38)45)27-13-4-6-15-30(27)44(32)26-21-22-29-36(23-26)47-35-19-10-18-34-39(35)42(29)28-14-5-8-17-33(28)46-34/h1-24H. The zero-order chi connectivity index (χ0) is 31.3. The van der Waals surface area contributed by atoms with Crippen molar-refractivity contribution in [3.63, 3.8) is 0 Å². The van der Waals surface area contributed by atoms with Crippen LogP contribution in [0.1, 0.15) is 0 Å². The van der Waals surface area contributed by atoms with E-state index in [4.69, 9.17) is 14.5 Å². The topological polar surface area (TPSA) is 39.5 Å². The highest BCUT2D eigenvalue weighted by atomic mass is 32.2. The molecule has 3 aliphatic heterocycles. The summed E-state index contributed by atoms with van der Waals surface area (Å²) in [5, 5.41) is 1.11. The van der Waals surface area contributed by atoms with Gasteiger partial charge in [-0.2, -0.15) is 0 Å². The molecule has 5 heterocycles. The van der Waals surface area contributed by atoms with Gasteiger partial charge >= 0.3 is 0 Å². The lowest BCUT2D eigenvalue weighted by Crippen LogP contribution is -2.57. The number of pyridine rings is 1. The minimum atomic E-state index is 0.0335. The summed E-state index contributed by atoms with van der Waals surface area (Å²) in [6.07, 6.45) is 0. The Balaban J connectivity index is 1.13. The maximum atomic E-state index is 6.68. The van der Waals surface area contributed by atoms with Gasteiger partial charge in [-0.1, -0.05) is 90.6 Å². The summed E-state index contributed by atoms with van der Waals surface area (Å²) in [7, 11) is 0. The summed E-state index contributed by atoms with van der Waals surface area (Å²) in [5.74, 6) is 4.39. The third-order valence-electron chi connectivity index (χ3n) is 9.69. The van der Waals surface area contributed by atoms with Crippen molar-refractivity contribution in [1.29, 1.82) is 0 Å². The number of fused-ring (bicyclic) bond motifs is 9. The average Bonchev–Trinajstić information content (AvgIpc) is 3.46. The third-order valence-corrected chi connectivity index (χ3v) is 10.8. The number of ether oxygens (including phenoxy) is 2. The molecule has 224 valence electrons. The van der Waals surface area contributed by atoms with Gasteiger partial charge in [0.2, 0.25) is 0 Å². The van der Waals surface area contributed by atoms with Crippen LogP contribution in [0.3, 0.4) is 0 Å². The molecule has 0 N–H and O–H groups in total. The van der Waals surface area contributed by atoms with E-state index >= 15 is 0 Å².